The summed E-state index contributed by atoms with van der Waals surface area (Å²) in [5.41, 5.74) is 1.99. The Balaban J connectivity index is 1.44. The van der Waals surface area contributed by atoms with Crippen molar-refractivity contribution in [2.24, 2.45) is 10.9 Å². The summed E-state index contributed by atoms with van der Waals surface area (Å²) in [6, 6.07) is 4.77. The van der Waals surface area contributed by atoms with Gasteiger partial charge in [-0.15, -0.1) is 0 Å². The summed E-state index contributed by atoms with van der Waals surface area (Å²) in [6.07, 6.45) is 8.25. The average molecular weight is 402 g/mol. The van der Waals surface area contributed by atoms with Crippen LogP contribution >= 0.6 is 0 Å². The zero-order chi connectivity index (χ0) is 20.5. The van der Waals surface area contributed by atoms with E-state index < -0.39 is 0 Å². The standard InChI is InChI=1S/C22H32FN5O/c1-2-24-22(27-13-12-25-21(29)16-6-4-3-5-7-16)26-11-10-17-15-28-20-9-8-18(23)14-19(17)20/h8-9,14-16,28H,2-7,10-13H2,1H3,(H,25,29)(H2,24,26,27). The smallest absolute Gasteiger partial charge is 0.223 e. The number of aromatic amines is 1. The maximum Gasteiger partial charge on any atom is 0.223 e. The topological polar surface area (TPSA) is 81.3 Å². The van der Waals surface area contributed by atoms with Gasteiger partial charge in [-0.1, -0.05) is 19.3 Å². The van der Waals surface area contributed by atoms with E-state index in [0.29, 0.717) is 19.6 Å². The van der Waals surface area contributed by atoms with Crippen LogP contribution in [0.1, 0.15) is 44.6 Å². The third kappa shape index (κ3) is 6.21. The van der Waals surface area contributed by atoms with Crippen LogP contribution in [0.5, 0.6) is 0 Å². The summed E-state index contributed by atoms with van der Waals surface area (Å²) >= 11 is 0. The predicted molar refractivity (Wildman–Crippen MR) is 116 cm³/mol. The molecule has 0 spiro atoms. The maximum atomic E-state index is 13.5. The highest BCUT2D eigenvalue weighted by Crippen LogP contribution is 2.23. The number of carbonyl (C=O) groups excluding carboxylic acids is 1. The van der Waals surface area contributed by atoms with Gasteiger partial charge < -0.3 is 20.9 Å². The maximum absolute atomic E-state index is 13.5. The molecule has 7 heteroatoms. The van der Waals surface area contributed by atoms with E-state index in [1.807, 2.05) is 13.1 Å². The Morgan fingerprint density at radius 2 is 1.97 bits per heavy atom. The van der Waals surface area contributed by atoms with E-state index in [0.717, 1.165) is 61.1 Å². The third-order valence-corrected chi connectivity index (χ3v) is 5.42. The summed E-state index contributed by atoms with van der Waals surface area (Å²) in [5.74, 6) is 0.865. The average Bonchev–Trinajstić information content (AvgIpc) is 3.13. The molecule has 158 valence electrons. The van der Waals surface area contributed by atoms with Gasteiger partial charge in [-0.05, 0) is 49.9 Å². The first-order chi connectivity index (χ1) is 14.2. The van der Waals surface area contributed by atoms with Gasteiger partial charge in [0.1, 0.15) is 5.82 Å². The second-order valence-corrected chi connectivity index (χ2v) is 7.57. The highest BCUT2D eigenvalue weighted by molar-refractivity contribution is 5.83. The molecule has 1 aromatic carbocycles. The number of H-pyrrole nitrogens is 1. The van der Waals surface area contributed by atoms with Crippen LogP contribution in [0.25, 0.3) is 10.9 Å². The first-order valence-corrected chi connectivity index (χ1v) is 10.7. The molecule has 1 fully saturated rings. The lowest BCUT2D eigenvalue weighted by Gasteiger charge is -2.21. The Labute approximate surface area is 171 Å². The van der Waals surface area contributed by atoms with Gasteiger partial charge in [0.05, 0.1) is 0 Å². The molecule has 6 nitrogen and oxygen atoms in total. The Kier molecular flexibility index (Phi) is 7.90. The van der Waals surface area contributed by atoms with Gasteiger partial charge in [0.25, 0.3) is 0 Å². The van der Waals surface area contributed by atoms with E-state index in [4.69, 9.17) is 0 Å². The molecule has 0 radical (unpaired) electrons. The fraction of sp³-hybridized carbons (Fsp3) is 0.545. The number of rotatable bonds is 8. The largest absolute Gasteiger partial charge is 0.361 e. The van der Waals surface area contributed by atoms with Gasteiger partial charge in [-0.2, -0.15) is 0 Å². The van der Waals surface area contributed by atoms with Gasteiger partial charge >= 0.3 is 0 Å². The van der Waals surface area contributed by atoms with Crippen LogP contribution in [0, 0.1) is 11.7 Å². The number of amides is 1. The van der Waals surface area contributed by atoms with E-state index in [1.54, 1.807) is 12.1 Å². The number of aliphatic imine (C=N–C) groups is 1. The molecular formula is C22H32FN5O. The molecule has 2 aromatic rings. The van der Waals surface area contributed by atoms with Crippen molar-refractivity contribution in [3.63, 3.8) is 0 Å². The summed E-state index contributed by atoms with van der Waals surface area (Å²) in [5, 5.41) is 10.4. The van der Waals surface area contributed by atoms with Gasteiger partial charge in [-0.3, -0.25) is 9.79 Å². The number of guanidine groups is 1. The SMILES string of the molecule is CCNC(=NCCc1c[nH]c2ccc(F)cc12)NCCNC(=O)C1CCCCC1. The van der Waals surface area contributed by atoms with E-state index >= 15 is 0 Å². The molecule has 1 saturated carbocycles. The van der Waals surface area contributed by atoms with Gasteiger partial charge in [0.2, 0.25) is 5.91 Å². The normalized spacial score (nSPS) is 15.4. The van der Waals surface area contributed by atoms with Crippen LogP contribution < -0.4 is 16.0 Å². The summed E-state index contributed by atoms with van der Waals surface area (Å²) in [7, 11) is 0. The fourth-order valence-electron chi connectivity index (χ4n) is 3.86. The van der Waals surface area contributed by atoms with Crippen LogP contribution in [-0.4, -0.2) is 43.0 Å². The quantitative estimate of drug-likeness (QED) is 0.312. The number of fused-ring (bicyclic) bond motifs is 1. The molecule has 1 aliphatic rings. The molecular weight excluding hydrogens is 369 g/mol. The zero-order valence-electron chi connectivity index (χ0n) is 17.2. The van der Waals surface area contributed by atoms with Crippen LogP contribution in [0.15, 0.2) is 29.4 Å². The minimum Gasteiger partial charge on any atom is -0.361 e. The summed E-state index contributed by atoms with van der Waals surface area (Å²) in [6.45, 7) is 4.58. The van der Waals surface area contributed by atoms with Crippen LogP contribution in [0.3, 0.4) is 0 Å². The first kappa shape index (κ1) is 21.1. The van der Waals surface area contributed by atoms with Crippen LogP contribution in [0.2, 0.25) is 0 Å². The molecule has 0 saturated heterocycles. The predicted octanol–water partition coefficient (Wildman–Crippen LogP) is 3.10. The third-order valence-electron chi connectivity index (χ3n) is 5.42. The molecule has 1 aliphatic carbocycles. The lowest BCUT2D eigenvalue weighted by atomic mass is 9.89. The molecule has 29 heavy (non-hydrogen) atoms. The van der Waals surface area contributed by atoms with E-state index in [9.17, 15) is 9.18 Å². The minimum atomic E-state index is -0.230. The Bertz CT molecular complexity index is 826. The van der Waals surface area contributed by atoms with Crippen molar-refractivity contribution >= 4 is 22.8 Å². The number of nitrogens with zero attached hydrogens (tertiary/aromatic N) is 1. The summed E-state index contributed by atoms with van der Waals surface area (Å²) in [4.78, 5) is 20.0. The van der Waals surface area contributed by atoms with Gasteiger partial charge in [0, 0.05) is 49.2 Å². The first-order valence-electron chi connectivity index (χ1n) is 10.7. The lowest BCUT2D eigenvalue weighted by molar-refractivity contribution is -0.125. The van der Waals surface area contributed by atoms with Crippen molar-refractivity contribution in [3.05, 3.63) is 35.8 Å². The molecule has 0 bridgehead atoms. The van der Waals surface area contributed by atoms with E-state index in [2.05, 4.69) is 25.9 Å². The van der Waals surface area contributed by atoms with Crippen molar-refractivity contribution in [1.82, 2.24) is 20.9 Å². The van der Waals surface area contributed by atoms with Crippen molar-refractivity contribution in [1.29, 1.82) is 0 Å². The van der Waals surface area contributed by atoms with Crippen LogP contribution in [-0.2, 0) is 11.2 Å². The molecule has 1 heterocycles. The van der Waals surface area contributed by atoms with Crippen molar-refractivity contribution in [3.8, 4) is 0 Å². The zero-order valence-corrected chi connectivity index (χ0v) is 17.2. The molecule has 1 amide bonds. The van der Waals surface area contributed by atoms with Crippen molar-refractivity contribution < 1.29 is 9.18 Å². The molecule has 3 rings (SSSR count). The van der Waals surface area contributed by atoms with E-state index in [-0.39, 0.29) is 17.6 Å². The van der Waals surface area contributed by atoms with Crippen molar-refractivity contribution in [2.75, 3.05) is 26.2 Å². The lowest BCUT2D eigenvalue weighted by Crippen LogP contribution is -2.42. The number of hydrogen-bond donors (Lipinski definition) is 4. The van der Waals surface area contributed by atoms with Gasteiger partial charge in [-0.25, -0.2) is 4.39 Å². The number of nitrogens with one attached hydrogen (secondary N) is 4. The number of hydrogen-bond acceptors (Lipinski definition) is 2. The highest BCUT2D eigenvalue weighted by atomic mass is 19.1. The number of halogens is 1. The molecule has 0 unspecified atom stereocenters. The molecule has 0 atom stereocenters. The Morgan fingerprint density at radius 1 is 1.17 bits per heavy atom. The Morgan fingerprint density at radius 3 is 2.76 bits per heavy atom. The molecule has 0 aliphatic heterocycles. The van der Waals surface area contributed by atoms with E-state index in [1.165, 1.54) is 12.5 Å². The minimum absolute atomic E-state index is 0.181. The van der Waals surface area contributed by atoms with Crippen LogP contribution in [0.4, 0.5) is 4.39 Å². The summed E-state index contributed by atoms with van der Waals surface area (Å²) < 4.78 is 13.5. The molecule has 1 aromatic heterocycles. The van der Waals surface area contributed by atoms with Gasteiger partial charge in [0.15, 0.2) is 5.96 Å². The fourth-order valence-corrected chi connectivity index (χ4v) is 3.86. The molecule has 4 N–H and O–H groups in total. The second kappa shape index (κ2) is 10.8. The second-order valence-electron chi connectivity index (χ2n) is 7.57. The van der Waals surface area contributed by atoms with Crippen molar-refractivity contribution in [2.45, 2.75) is 45.4 Å². The number of aromatic nitrogens is 1. The highest BCUT2D eigenvalue weighted by Gasteiger charge is 2.20. The Hall–Kier alpha value is -2.57. The number of carbonyl (C=O) groups is 1. The monoisotopic (exact) mass is 401 g/mol. The number of benzene rings is 1.